The third-order valence-electron chi connectivity index (χ3n) is 2.99. The standard InChI is InChI=1S/C13H16F3N5O.ClH/c14-13(15,16)22-10-4-2-9(3-5-10)8-19-11(17)20-12(18)21-6-1-7-21;/h2-5H,1,6-8H2,(H4,17,18,19,20);1H. The lowest BCUT2D eigenvalue weighted by Gasteiger charge is -2.31. The highest BCUT2D eigenvalue weighted by Crippen LogP contribution is 2.22. The van der Waals surface area contributed by atoms with Gasteiger partial charge in [0.2, 0.25) is 5.96 Å². The van der Waals surface area contributed by atoms with Crippen LogP contribution in [-0.2, 0) is 6.54 Å². The molecule has 2 rings (SSSR count). The van der Waals surface area contributed by atoms with E-state index in [1.54, 1.807) is 0 Å². The van der Waals surface area contributed by atoms with Crippen molar-refractivity contribution in [2.75, 3.05) is 13.1 Å². The lowest BCUT2D eigenvalue weighted by molar-refractivity contribution is -0.274. The lowest BCUT2D eigenvalue weighted by atomic mass is 10.2. The maximum Gasteiger partial charge on any atom is 0.573 e. The Morgan fingerprint density at radius 1 is 1.17 bits per heavy atom. The average Bonchev–Trinajstić information content (AvgIpc) is 2.34. The van der Waals surface area contributed by atoms with Crippen LogP contribution in [0.5, 0.6) is 5.75 Å². The Bertz CT molecular complexity index is 570. The number of likely N-dealkylation sites (tertiary alicyclic amines) is 1. The number of rotatable bonds is 3. The van der Waals surface area contributed by atoms with Crippen molar-refractivity contribution in [3.63, 3.8) is 0 Å². The second-order valence-electron chi connectivity index (χ2n) is 4.68. The number of guanidine groups is 2. The van der Waals surface area contributed by atoms with E-state index in [2.05, 4.69) is 14.7 Å². The molecule has 0 amide bonds. The van der Waals surface area contributed by atoms with Crippen LogP contribution in [0.2, 0.25) is 0 Å². The van der Waals surface area contributed by atoms with Crippen LogP contribution in [0.3, 0.4) is 0 Å². The SMILES string of the molecule is Cl.NC(=NCc1ccc(OC(F)(F)F)cc1)N=C(N)N1CCC1. The summed E-state index contributed by atoms with van der Waals surface area (Å²) in [6, 6.07) is 5.37. The topological polar surface area (TPSA) is 89.2 Å². The van der Waals surface area contributed by atoms with E-state index >= 15 is 0 Å². The highest BCUT2D eigenvalue weighted by atomic mass is 35.5. The van der Waals surface area contributed by atoms with E-state index in [9.17, 15) is 13.2 Å². The number of aliphatic imine (C=N–C) groups is 2. The molecular weight excluding hydrogens is 335 g/mol. The first kappa shape index (κ1) is 18.9. The van der Waals surface area contributed by atoms with E-state index in [0.717, 1.165) is 19.5 Å². The summed E-state index contributed by atoms with van der Waals surface area (Å²) in [6.07, 6.45) is -3.63. The molecule has 0 aromatic heterocycles. The van der Waals surface area contributed by atoms with E-state index in [1.807, 2.05) is 4.90 Å². The third kappa shape index (κ3) is 6.23. The fraction of sp³-hybridized carbons (Fsp3) is 0.385. The van der Waals surface area contributed by atoms with Gasteiger partial charge in [-0.2, -0.15) is 4.99 Å². The van der Waals surface area contributed by atoms with Gasteiger partial charge in [0.1, 0.15) is 5.75 Å². The number of hydrogen-bond acceptors (Lipinski definition) is 2. The summed E-state index contributed by atoms with van der Waals surface area (Å²) in [5, 5.41) is 0. The first-order valence-electron chi connectivity index (χ1n) is 6.57. The number of nitrogens with two attached hydrogens (primary N) is 2. The Labute approximate surface area is 137 Å². The van der Waals surface area contributed by atoms with Crippen molar-refractivity contribution < 1.29 is 17.9 Å². The van der Waals surface area contributed by atoms with Crippen LogP contribution in [0.1, 0.15) is 12.0 Å². The summed E-state index contributed by atoms with van der Waals surface area (Å²) in [5.41, 5.74) is 12.0. The van der Waals surface area contributed by atoms with Crippen LogP contribution < -0.4 is 16.2 Å². The molecule has 0 spiro atoms. The Balaban J connectivity index is 0.00000264. The molecule has 128 valence electrons. The van der Waals surface area contributed by atoms with Gasteiger partial charge in [-0.25, -0.2) is 4.99 Å². The summed E-state index contributed by atoms with van der Waals surface area (Å²) in [4.78, 5) is 9.84. The lowest BCUT2D eigenvalue weighted by Crippen LogP contribution is -2.47. The van der Waals surface area contributed by atoms with Gasteiger partial charge in [0.15, 0.2) is 5.96 Å². The Morgan fingerprint density at radius 3 is 2.26 bits per heavy atom. The van der Waals surface area contributed by atoms with Gasteiger partial charge >= 0.3 is 6.36 Å². The molecule has 0 bridgehead atoms. The van der Waals surface area contributed by atoms with Gasteiger partial charge in [-0.1, -0.05) is 12.1 Å². The molecule has 1 aliphatic rings. The fourth-order valence-electron chi connectivity index (χ4n) is 1.74. The number of nitrogens with zero attached hydrogens (tertiary/aromatic N) is 3. The molecule has 6 nitrogen and oxygen atoms in total. The second kappa shape index (κ2) is 7.91. The van der Waals surface area contributed by atoms with Gasteiger partial charge in [0.05, 0.1) is 6.54 Å². The minimum absolute atomic E-state index is 0. The monoisotopic (exact) mass is 351 g/mol. The molecular formula is C13H17ClF3N5O. The van der Waals surface area contributed by atoms with Crippen LogP contribution >= 0.6 is 12.4 Å². The molecule has 1 fully saturated rings. The van der Waals surface area contributed by atoms with Gasteiger partial charge in [0.25, 0.3) is 0 Å². The summed E-state index contributed by atoms with van der Waals surface area (Å²) in [6.45, 7) is 1.89. The van der Waals surface area contributed by atoms with E-state index < -0.39 is 6.36 Å². The molecule has 4 N–H and O–H groups in total. The van der Waals surface area contributed by atoms with Gasteiger partial charge in [0, 0.05) is 13.1 Å². The van der Waals surface area contributed by atoms with Crippen molar-refractivity contribution in [2.24, 2.45) is 21.5 Å². The van der Waals surface area contributed by atoms with Gasteiger partial charge in [-0.05, 0) is 24.1 Å². The number of ether oxygens (including phenoxy) is 1. The average molecular weight is 352 g/mol. The van der Waals surface area contributed by atoms with Crippen LogP contribution in [0, 0.1) is 0 Å². The van der Waals surface area contributed by atoms with Gasteiger partial charge < -0.3 is 21.1 Å². The molecule has 1 heterocycles. The van der Waals surface area contributed by atoms with Crippen molar-refractivity contribution >= 4 is 24.3 Å². The first-order chi connectivity index (χ1) is 10.3. The zero-order valence-electron chi connectivity index (χ0n) is 12.1. The van der Waals surface area contributed by atoms with E-state index in [4.69, 9.17) is 11.5 Å². The highest BCUT2D eigenvalue weighted by Gasteiger charge is 2.30. The van der Waals surface area contributed by atoms with Crippen molar-refractivity contribution in [1.82, 2.24) is 4.90 Å². The van der Waals surface area contributed by atoms with Crippen LogP contribution in [0.4, 0.5) is 13.2 Å². The molecule has 23 heavy (non-hydrogen) atoms. The maximum absolute atomic E-state index is 12.0. The molecule has 1 aromatic rings. The predicted molar refractivity (Wildman–Crippen MR) is 83.5 cm³/mol. The Kier molecular flexibility index (Phi) is 6.49. The minimum Gasteiger partial charge on any atom is -0.406 e. The van der Waals surface area contributed by atoms with Gasteiger partial charge in [-0.15, -0.1) is 25.6 Å². The molecule has 1 saturated heterocycles. The van der Waals surface area contributed by atoms with E-state index in [0.29, 0.717) is 11.5 Å². The van der Waals surface area contributed by atoms with Crippen LogP contribution in [0.25, 0.3) is 0 Å². The molecule has 0 saturated carbocycles. The number of halogens is 4. The largest absolute Gasteiger partial charge is 0.573 e. The summed E-state index contributed by atoms with van der Waals surface area (Å²) in [5.74, 6) is 0.0645. The molecule has 10 heteroatoms. The highest BCUT2D eigenvalue weighted by molar-refractivity contribution is 5.93. The van der Waals surface area contributed by atoms with E-state index in [1.165, 1.54) is 24.3 Å². The molecule has 1 aliphatic heterocycles. The fourth-order valence-corrected chi connectivity index (χ4v) is 1.74. The molecule has 0 atom stereocenters. The quantitative estimate of drug-likeness (QED) is 0.642. The summed E-state index contributed by atoms with van der Waals surface area (Å²) < 4.78 is 39.9. The minimum atomic E-state index is -4.70. The first-order valence-corrected chi connectivity index (χ1v) is 6.57. The summed E-state index contributed by atoms with van der Waals surface area (Å²) >= 11 is 0. The third-order valence-corrected chi connectivity index (χ3v) is 2.99. The number of alkyl halides is 3. The number of hydrogen-bond donors (Lipinski definition) is 2. The normalized spacial score (nSPS) is 15.7. The molecule has 1 aromatic carbocycles. The molecule has 0 aliphatic carbocycles. The molecule has 0 radical (unpaired) electrons. The second-order valence-corrected chi connectivity index (χ2v) is 4.68. The van der Waals surface area contributed by atoms with Crippen LogP contribution in [0.15, 0.2) is 34.3 Å². The maximum atomic E-state index is 12.0. The smallest absolute Gasteiger partial charge is 0.406 e. The Hall–Kier alpha value is -2.16. The zero-order chi connectivity index (χ0) is 16.2. The molecule has 0 unspecified atom stereocenters. The summed E-state index contributed by atoms with van der Waals surface area (Å²) in [7, 11) is 0. The van der Waals surface area contributed by atoms with Gasteiger partial charge in [-0.3, -0.25) is 0 Å². The van der Waals surface area contributed by atoms with Crippen molar-refractivity contribution in [1.29, 1.82) is 0 Å². The van der Waals surface area contributed by atoms with Crippen LogP contribution in [-0.4, -0.2) is 36.3 Å². The van der Waals surface area contributed by atoms with Crippen molar-refractivity contribution in [3.8, 4) is 5.75 Å². The van der Waals surface area contributed by atoms with Crippen molar-refractivity contribution in [2.45, 2.75) is 19.3 Å². The Morgan fingerprint density at radius 2 is 1.78 bits per heavy atom. The predicted octanol–water partition coefficient (Wildman–Crippen LogP) is 1.84. The van der Waals surface area contributed by atoms with Crippen molar-refractivity contribution in [3.05, 3.63) is 29.8 Å². The number of benzene rings is 1. The van der Waals surface area contributed by atoms with E-state index in [-0.39, 0.29) is 30.7 Å². The zero-order valence-corrected chi connectivity index (χ0v) is 12.9.